The molecule has 98 valence electrons. The first-order valence-electron chi connectivity index (χ1n) is 5.97. The number of carboxylic acids is 1. The van der Waals surface area contributed by atoms with E-state index in [0.717, 1.165) is 6.42 Å². The molecule has 1 amide bonds. The van der Waals surface area contributed by atoms with Crippen LogP contribution in [-0.2, 0) is 14.3 Å². The standard InChI is InChI=1S/C12H21NO4/c1-8(9(2)12(15)16)11(14)13-5-4-10(6-13)7-17-3/h8-10H,4-7H2,1-3H3,(H,15,16). The average molecular weight is 243 g/mol. The molecule has 0 saturated carbocycles. The molecule has 17 heavy (non-hydrogen) atoms. The number of hydrogen-bond acceptors (Lipinski definition) is 3. The van der Waals surface area contributed by atoms with Crippen molar-refractivity contribution in [3.8, 4) is 0 Å². The maximum atomic E-state index is 12.1. The third kappa shape index (κ3) is 3.43. The normalized spacial score (nSPS) is 23.5. The van der Waals surface area contributed by atoms with Gasteiger partial charge in [0, 0.05) is 32.0 Å². The highest BCUT2D eigenvalue weighted by Crippen LogP contribution is 2.21. The highest BCUT2D eigenvalue weighted by atomic mass is 16.5. The van der Waals surface area contributed by atoms with Crippen LogP contribution in [0.4, 0.5) is 0 Å². The van der Waals surface area contributed by atoms with Crippen molar-refractivity contribution in [3.63, 3.8) is 0 Å². The van der Waals surface area contributed by atoms with E-state index < -0.39 is 17.8 Å². The van der Waals surface area contributed by atoms with Gasteiger partial charge < -0.3 is 14.7 Å². The zero-order valence-electron chi connectivity index (χ0n) is 10.7. The van der Waals surface area contributed by atoms with Crippen molar-refractivity contribution in [2.75, 3.05) is 26.8 Å². The monoisotopic (exact) mass is 243 g/mol. The van der Waals surface area contributed by atoms with E-state index in [-0.39, 0.29) is 5.91 Å². The molecule has 5 heteroatoms. The number of likely N-dealkylation sites (tertiary alicyclic amines) is 1. The molecule has 0 aliphatic carbocycles. The van der Waals surface area contributed by atoms with Gasteiger partial charge in [-0.1, -0.05) is 13.8 Å². The maximum Gasteiger partial charge on any atom is 0.307 e. The molecule has 5 nitrogen and oxygen atoms in total. The van der Waals surface area contributed by atoms with Gasteiger partial charge in [0.1, 0.15) is 0 Å². The molecule has 1 fully saturated rings. The molecule has 1 aliphatic rings. The number of carbonyl (C=O) groups is 2. The van der Waals surface area contributed by atoms with Crippen molar-refractivity contribution in [1.82, 2.24) is 4.90 Å². The van der Waals surface area contributed by atoms with Gasteiger partial charge in [-0.25, -0.2) is 0 Å². The summed E-state index contributed by atoms with van der Waals surface area (Å²) in [5.41, 5.74) is 0. The Morgan fingerprint density at radius 2 is 2.06 bits per heavy atom. The highest BCUT2D eigenvalue weighted by molar-refractivity contribution is 5.84. The molecule has 1 saturated heterocycles. The van der Waals surface area contributed by atoms with Crippen molar-refractivity contribution in [2.24, 2.45) is 17.8 Å². The van der Waals surface area contributed by atoms with E-state index in [4.69, 9.17) is 9.84 Å². The molecule has 0 aromatic heterocycles. The van der Waals surface area contributed by atoms with Crippen LogP contribution in [-0.4, -0.2) is 48.7 Å². The van der Waals surface area contributed by atoms with Crippen molar-refractivity contribution < 1.29 is 19.4 Å². The average Bonchev–Trinajstić information content (AvgIpc) is 2.75. The Labute approximate surface area is 102 Å². The first-order valence-corrected chi connectivity index (χ1v) is 5.97. The van der Waals surface area contributed by atoms with Crippen LogP contribution in [0.3, 0.4) is 0 Å². The molecule has 0 radical (unpaired) electrons. The number of aliphatic carboxylic acids is 1. The van der Waals surface area contributed by atoms with Gasteiger partial charge in [0.05, 0.1) is 12.5 Å². The van der Waals surface area contributed by atoms with Gasteiger partial charge in [0.15, 0.2) is 0 Å². The van der Waals surface area contributed by atoms with Crippen LogP contribution in [0.5, 0.6) is 0 Å². The number of carbonyl (C=O) groups excluding carboxylic acids is 1. The summed E-state index contributed by atoms with van der Waals surface area (Å²) in [5, 5.41) is 8.89. The summed E-state index contributed by atoms with van der Waals surface area (Å²) < 4.78 is 5.07. The van der Waals surface area contributed by atoms with Crippen LogP contribution < -0.4 is 0 Å². The van der Waals surface area contributed by atoms with E-state index >= 15 is 0 Å². The molecule has 0 aromatic carbocycles. The molecule has 3 atom stereocenters. The zero-order chi connectivity index (χ0) is 13.0. The quantitative estimate of drug-likeness (QED) is 0.777. The SMILES string of the molecule is COCC1CCN(C(=O)C(C)C(C)C(=O)O)C1. The zero-order valence-corrected chi connectivity index (χ0v) is 10.7. The van der Waals surface area contributed by atoms with Gasteiger partial charge in [-0.15, -0.1) is 0 Å². The van der Waals surface area contributed by atoms with Gasteiger partial charge in [0.2, 0.25) is 5.91 Å². The second-order valence-electron chi connectivity index (χ2n) is 4.81. The lowest BCUT2D eigenvalue weighted by molar-refractivity contribution is -0.148. The molecular weight excluding hydrogens is 222 g/mol. The van der Waals surface area contributed by atoms with Crippen LogP contribution in [0.2, 0.25) is 0 Å². The van der Waals surface area contributed by atoms with Gasteiger partial charge in [-0.3, -0.25) is 9.59 Å². The van der Waals surface area contributed by atoms with E-state index in [1.54, 1.807) is 25.9 Å². The summed E-state index contributed by atoms with van der Waals surface area (Å²) in [4.78, 5) is 24.7. The minimum Gasteiger partial charge on any atom is -0.481 e. The lowest BCUT2D eigenvalue weighted by atomic mass is 9.95. The van der Waals surface area contributed by atoms with Gasteiger partial charge in [-0.2, -0.15) is 0 Å². The summed E-state index contributed by atoms with van der Waals surface area (Å²) in [6.07, 6.45) is 0.938. The molecule has 3 unspecified atom stereocenters. The fraction of sp³-hybridized carbons (Fsp3) is 0.833. The Hall–Kier alpha value is -1.10. The first-order chi connectivity index (χ1) is 7.97. The van der Waals surface area contributed by atoms with Crippen molar-refractivity contribution in [2.45, 2.75) is 20.3 Å². The number of nitrogens with zero attached hydrogens (tertiary/aromatic N) is 1. The minimum atomic E-state index is -0.918. The summed E-state index contributed by atoms with van der Waals surface area (Å²) in [6.45, 7) is 5.32. The van der Waals surface area contributed by atoms with Gasteiger partial charge in [0.25, 0.3) is 0 Å². The first kappa shape index (κ1) is 14.0. The summed E-state index contributed by atoms with van der Waals surface area (Å²) in [5.74, 6) is -1.69. The van der Waals surface area contributed by atoms with Gasteiger partial charge in [-0.05, 0) is 6.42 Å². The minimum absolute atomic E-state index is 0.0569. The lowest BCUT2D eigenvalue weighted by Gasteiger charge is -2.23. The Bertz CT molecular complexity index is 292. The number of methoxy groups -OCH3 is 1. The summed E-state index contributed by atoms with van der Waals surface area (Å²) >= 11 is 0. The summed E-state index contributed by atoms with van der Waals surface area (Å²) in [7, 11) is 1.65. The van der Waals surface area contributed by atoms with Crippen molar-refractivity contribution in [3.05, 3.63) is 0 Å². The molecule has 1 aliphatic heterocycles. The topological polar surface area (TPSA) is 66.8 Å². The maximum absolute atomic E-state index is 12.1. The molecule has 1 N–H and O–H groups in total. The second-order valence-corrected chi connectivity index (χ2v) is 4.81. The third-order valence-corrected chi connectivity index (χ3v) is 3.53. The number of ether oxygens (including phenoxy) is 1. The molecule has 1 heterocycles. The van der Waals surface area contributed by atoms with Crippen LogP contribution >= 0.6 is 0 Å². The van der Waals surface area contributed by atoms with Crippen molar-refractivity contribution >= 4 is 11.9 Å². The fourth-order valence-electron chi connectivity index (χ4n) is 2.12. The number of hydrogen-bond donors (Lipinski definition) is 1. The highest BCUT2D eigenvalue weighted by Gasteiger charge is 2.33. The number of carboxylic acid groups (broad SMARTS) is 1. The van der Waals surface area contributed by atoms with Crippen LogP contribution in [0, 0.1) is 17.8 Å². The van der Waals surface area contributed by atoms with Crippen LogP contribution in [0.15, 0.2) is 0 Å². The molecular formula is C12H21NO4. The molecule has 1 rings (SSSR count). The molecule has 0 aromatic rings. The van der Waals surface area contributed by atoms with E-state index in [1.807, 2.05) is 0 Å². The summed E-state index contributed by atoms with van der Waals surface area (Å²) in [6, 6.07) is 0. The molecule has 0 spiro atoms. The van der Waals surface area contributed by atoms with E-state index in [2.05, 4.69) is 0 Å². The third-order valence-electron chi connectivity index (χ3n) is 3.53. The van der Waals surface area contributed by atoms with Crippen LogP contribution in [0.25, 0.3) is 0 Å². The van der Waals surface area contributed by atoms with Crippen LogP contribution in [0.1, 0.15) is 20.3 Å². The molecule has 0 bridgehead atoms. The Morgan fingerprint density at radius 1 is 1.41 bits per heavy atom. The predicted octanol–water partition coefficient (Wildman–Crippen LogP) is 0.838. The number of rotatable bonds is 5. The largest absolute Gasteiger partial charge is 0.481 e. The Kier molecular flexibility index (Phi) is 4.93. The second kappa shape index (κ2) is 6.00. The number of amides is 1. The lowest BCUT2D eigenvalue weighted by Crippen LogP contribution is -2.38. The smallest absolute Gasteiger partial charge is 0.307 e. The van der Waals surface area contributed by atoms with Crippen molar-refractivity contribution in [1.29, 1.82) is 0 Å². The van der Waals surface area contributed by atoms with E-state index in [9.17, 15) is 9.59 Å². The van der Waals surface area contributed by atoms with E-state index in [1.165, 1.54) is 0 Å². The van der Waals surface area contributed by atoms with E-state index in [0.29, 0.717) is 25.6 Å². The predicted molar refractivity (Wildman–Crippen MR) is 62.5 cm³/mol. The fourth-order valence-corrected chi connectivity index (χ4v) is 2.12. The Morgan fingerprint density at radius 3 is 2.59 bits per heavy atom. The van der Waals surface area contributed by atoms with Gasteiger partial charge >= 0.3 is 5.97 Å². The Balaban J connectivity index is 2.51.